The molecule has 0 unspecified atom stereocenters. The van der Waals surface area contributed by atoms with Crippen LogP contribution in [0.2, 0.25) is 0 Å². The number of aryl methyl sites for hydroxylation is 1. The van der Waals surface area contributed by atoms with Crippen molar-refractivity contribution < 1.29 is 9.90 Å². The summed E-state index contributed by atoms with van der Waals surface area (Å²) < 4.78 is 1.91. The Morgan fingerprint density at radius 1 is 1.29 bits per heavy atom. The van der Waals surface area contributed by atoms with E-state index in [1.54, 1.807) is 6.20 Å². The molecule has 0 fully saturated rings. The maximum absolute atomic E-state index is 11.2. The SMILES string of the molecule is CCCCc1nc(C(=O)O)cn1Cc1ccc(-c2nn[nH]n2)cc1. The average Bonchev–Trinajstić information content (AvgIpc) is 3.24. The van der Waals surface area contributed by atoms with Gasteiger partial charge in [0.05, 0.1) is 0 Å². The number of benzene rings is 1. The molecule has 3 aromatic rings. The van der Waals surface area contributed by atoms with Crippen molar-refractivity contribution in [1.29, 1.82) is 0 Å². The molecule has 0 atom stereocenters. The lowest BCUT2D eigenvalue weighted by Crippen LogP contribution is -2.04. The van der Waals surface area contributed by atoms with Gasteiger partial charge in [-0.05, 0) is 17.2 Å². The van der Waals surface area contributed by atoms with Crippen LogP contribution in [0.25, 0.3) is 11.4 Å². The quantitative estimate of drug-likeness (QED) is 0.688. The van der Waals surface area contributed by atoms with Gasteiger partial charge in [0.1, 0.15) is 5.82 Å². The first-order valence-corrected chi connectivity index (χ1v) is 7.79. The number of nitrogens with one attached hydrogen (secondary N) is 1. The number of hydrogen-bond donors (Lipinski definition) is 2. The monoisotopic (exact) mass is 326 g/mol. The number of aromatic carboxylic acids is 1. The Labute approximate surface area is 138 Å². The summed E-state index contributed by atoms with van der Waals surface area (Å²) in [5, 5.41) is 23.0. The van der Waals surface area contributed by atoms with Crippen molar-refractivity contribution in [2.45, 2.75) is 32.7 Å². The number of aromatic amines is 1. The molecule has 0 amide bonds. The van der Waals surface area contributed by atoms with Gasteiger partial charge in [-0.3, -0.25) is 0 Å². The van der Waals surface area contributed by atoms with Gasteiger partial charge in [-0.2, -0.15) is 5.21 Å². The summed E-state index contributed by atoms with van der Waals surface area (Å²) in [5.74, 6) is 0.344. The van der Waals surface area contributed by atoms with Crippen LogP contribution in [0, 0.1) is 0 Å². The van der Waals surface area contributed by atoms with Gasteiger partial charge in [0.2, 0.25) is 5.82 Å². The highest BCUT2D eigenvalue weighted by Gasteiger charge is 2.13. The molecular weight excluding hydrogens is 308 g/mol. The second kappa shape index (κ2) is 7.03. The number of aromatic nitrogens is 6. The van der Waals surface area contributed by atoms with Crippen LogP contribution >= 0.6 is 0 Å². The molecule has 8 heteroatoms. The molecule has 2 N–H and O–H groups in total. The largest absolute Gasteiger partial charge is 0.476 e. The van der Waals surface area contributed by atoms with Gasteiger partial charge in [0.25, 0.3) is 0 Å². The van der Waals surface area contributed by atoms with E-state index in [0.29, 0.717) is 12.4 Å². The zero-order valence-electron chi connectivity index (χ0n) is 13.3. The van der Waals surface area contributed by atoms with Gasteiger partial charge in [0.15, 0.2) is 5.69 Å². The highest BCUT2D eigenvalue weighted by molar-refractivity contribution is 5.85. The minimum absolute atomic E-state index is 0.0875. The molecule has 2 aromatic heterocycles. The molecule has 124 valence electrons. The van der Waals surface area contributed by atoms with Crippen LogP contribution in [0.1, 0.15) is 41.6 Å². The van der Waals surface area contributed by atoms with E-state index in [4.69, 9.17) is 5.11 Å². The maximum atomic E-state index is 11.2. The van der Waals surface area contributed by atoms with Crippen LogP contribution in [0.5, 0.6) is 0 Å². The van der Waals surface area contributed by atoms with Crippen molar-refractivity contribution in [1.82, 2.24) is 30.2 Å². The van der Waals surface area contributed by atoms with Crippen molar-refractivity contribution in [3.8, 4) is 11.4 Å². The molecule has 2 heterocycles. The van der Waals surface area contributed by atoms with Crippen LogP contribution in [-0.4, -0.2) is 41.3 Å². The average molecular weight is 326 g/mol. The standard InChI is InChI=1S/C16H18N6O2/c1-2-3-4-14-17-13(16(23)24)10-22(14)9-11-5-7-12(8-6-11)15-18-20-21-19-15/h5-8,10H,2-4,9H2,1H3,(H,23,24)(H,18,19,20,21). The number of unbranched alkanes of at least 4 members (excludes halogenated alkanes) is 1. The van der Waals surface area contributed by atoms with E-state index in [-0.39, 0.29) is 5.69 Å². The fourth-order valence-electron chi connectivity index (χ4n) is 2.47. The summed E-state index contributed by atoms with van der Waals surface area (Å²) >= 11 is 0. The molecule has 3 rings (SSSR count). The molecule has 1 aromatic carbocycles. The van der Waals surface area contributed by atoms with Gasteiger partial charge in [-0.15, -0.1) is 10.2 Å². The molecule has 24 heavy (non-hydrogen) atoms. The molecule has 0 saturated carbocycles. The van der Waals surface area contributed by atoms with Crippen LogP contribution in [0.3, 0.4) is 0 Å². The molecular formula is C16H18N6O2. The van der Waals surface area contributed by atoms with Crippen LogP contribution in [-0.2, 0) is 13.0 Å². The minimum atomic E-state index is -1.00. The second-order valence-corrected chi connectivity index (χ2v) is 5.51. The zero-order valence-corrected chi connectivity index (χ0v) is 13.3. The van der Waals surface area contributed by atoms with Gasteiger partial charge >= 0.3 is 5.97 Å². The van der Waals surface area contributed by atoms with E-state index in [9.17, 15) is 4.79 Å². The summed E-state index contributed by atoms with van der Waals surface area (Å²) in [5.41, 5.74) is 2.01. The van der Waals surface area contributed by atoms with Crippen molar-refractivity contribution in [3.05, 3.63) is 47.5 Å². The third-order valence-corrected chi connectivity index (χ3v) is 3.74. The number of hydrogen-bond acceptors (Lipinski definition) is 5. The molecule has 0 spiro atoms. The highest BCUT2D eigenvalue weighted by Crippen LogP contribution is 2.16. The van der Waals surface area contributed by atoms with E-state index in [0.717, 1.165) is 36.2 Å². The fraction of sp³-hybridized carbons (Fsp3) is 0.312. The van der Waals surface area contributed by atoms with E-state index >= 15 is 0 Å². The van der Waals surface area contributed by atoms with E-state index in [2.05, 4.69) is 32.5 Å². The molecule has 0 bridgehead atoms. The smallest absolute Gasteiger partial charge is 0.356 e. The van der Waals surface area contributed by atoms with Crippen LogP contribution < -0.4 is 0 Å². The lowest BCUT2D eigenvalue weighted by atomic mass is 10.1. The highest BCUT2D eigenvalue weighted by atomic mass is 16.4. The van der Waals surface area contributed by atoms with Gasteiger partial charge in [-0.1, -0.05) is 37.6 Å². The first kappa shape index (κ1) is 15.9. The summed E-state index contributed by atoms with van der Waals surface area (Å²) in [6, 6.07) is 7.77. The summed E-state index contributed by atoms with van der Waals surface area (Å²) in [4.78, 5) is 15.4. The first-order valence-electron chi connectivity index (χ1n) is 7.79. The maximum Gasteiger partial charge on any atom is 0.356 e. The molecule has 8 nitrogen and oxygen atoms in total. The Kier molecular flexibility index (Phi) is 4.64. The first-order chi connectivity index (χ1) is 11.7. The van der Waals surface area contributed by atoms with Crippen LogP contribution in [0.4, 0.5) is 0 Å². The number of carboxylic acid groups (broad SMARTS) is 1. The van der Waals surface area contributed by atoms with Crippen molar-refractivity contribution in [3.63, 3.8) is 0 Å². The summed E-state index contributed by atoms with van der Waals surface area (Å²) in [6.07, 6.45) is 4.38. The Bertz CT molecular complexity index is 808. The summed E-state index contributed by atoms with van der Waals surface area (Å²) in [6.45, 7) is 2.67. The van der Waals surface area contributed by atoms with Crippen molar-refractivity contribution in [2.24, 2.45) is 0 Å². The number of H-pyrrole nitrogens is 1. The summed E-state index contributed by atoms with van der Waals surface area (Å²) in [7, 11) is 0. The lowest BCUT2D eigenvalue weighted by molar-refractivity contribution is 0.0691. The normalized spacial score (nSPS) is 10.9. The number of nitrogens with zero attached hydrogens (tertiary/aromatic N) is 5. The molecule has 0 aliphatic rings. The third-order valence-electron chi connectivity index (χ3n) is 3.74. The van der Waals surface area contributed by atoms with Gasteiger partial charge in [0, 0.05) is 24.7 Å². The van der Waals surface area contributed by atoms with Crippen molar-refractivity contribution in [2.75, 3.05) is 0 Å². The Balaban J connectivity index is 1.80. The molecule has 0 aliphatic carbocycles. The Morgan fingerprint density at radius 2 is 2.08 bits per heavy atom. The van der Waals surface area contributed by atoms with Crippen LogP contribution in [0.15, 0.2) is 30.5 Å². The van der Waals surface area contributed by atoms with Gasteiger partial charge in [-0.25, -0.2) is 9.78 Å². The molecule has 0 saturated heterocycles. The van der Waals surface area contributed by atoms with E-state index < -0.39 is 5.97 Å². The molecule has 0 aliphatic heterocycles. The molecule has 0 radical (unpaired) electrons. The van der Waals surface area contributed by atoms with Crippen molar-refractivity contribution >= 4 is 5.97 Å². The van der Waals surface area contributed by atoms with E-state index in [1.807, 2.05) is 28.8 Å². The minimum Gasteiger partial charge on any atom is -0.476 e. The van der Waals surface area contributed by atoms with Gasteiger partial charge < -0.3 is 9.67 Å². The fourth-order valence-corrected chi connectivity index (χ4v) is 2.47. The lowest BCUT2D eigenvalue weighted by Gasteiger charge is -2.08. The predicted octanol–water partition coefficient (Wildman–Crippen LogP) is 2.15. The van der Waals surface area contributed by atoms with E-state index in [1.165, 1.54) is 0 Å². The number of tetrazole rings is 1. The number of imidazole rings is 1. The second-order valence-electron chi connectivity index (χ2n) is 5.51. The third kappa shape index (κ3) is 3.48. The predicted molar refractivity (Wildman–Crippen MR) is 86.5 cm³/mol. The number of carboxylic acids is 1. The Hall–Kier alpha value is -3.03. The Morgan fingerprint density at radius 3 is 2.71 bits per heavy atom. The number of carbonyl (C=O) groups is 1. The zero-order chi connectivity index (χ0) is 16.9. The number of rotatable bonds is 7. The topological polar surface area (TPSA) is 110 Å².